The van der Waals surface area contributed by atoms with Gasteiger partial charge in [-0.2, -0.15) is 0 Å². The molecule has 10 nitrogen and oxygen atoms in total. The number of nitrogen functional groups attached to an aromatic ring is 1. The van der Waals surface area contributed by atoms with E-state index in [1.807, 2.05) is 0 Å². The molecule has 172 valence electrons. The quantitative estimate of drug-likeness (QED) is 0.166. The van der Waals surface area contributed by atoms with Crippen molar-refractivity contribution in [3.05, 3.63) is 78.2 Å². The normalized spacial score (nSPS) is 11.7. The molecule has 2 aromatic carbocycles. The molecule has 0 aliphatic heterocycles. The van der Waals surface area contributed by atoms with Gasteiger partial charge in [-0.3, -0.25) is 14.3 Å². The molecule has 2 aromatic heterocycles. The maximum atomic E-state index is 12.5. The highest BCUT2D eigenvalue weighted by molar-refractivity contribution is 7.90. The Bertz CT molecular complexity index is 1530. The van der Waals surface area contributed by atoms with Crippen LogP contribution >= 0.6 is 0 Å². The average Bonchev–Trinajstić information content (AvgIpc) is 3.31. The number of rotatable bonds is 6. The smallest absolute Gasteiger partial charge is 0.251 e. The molecule has 0 unspecified atom stereocenters. The zero-order valence-electron chi connectivity index (χ0n) is 18.0. The third kappa shape index (κ3) is 4.11. The van der Waals surface area contributed by atoms with E-state index in [9.17, 15) is 13.2 Å². The van der Waals surface area contributed by atoms with Crippen molar-refractivity contribution >= 4 is 27.6 Å². The SMILES string of the molecule is CS(=O)(=O)c1nccn1-c1ccc(-c2ccnc(-c3cccc(N)c3C=NO)c2C(N)=O)cc1. The summed E-state index contributed by atoms with van der Waals surface area (Å²) in [6.07, 6.45) is 6.75. The van der Waals surface area contributed by atoms with Crippen LogP contribution in [0, 0.1) is 0 Å². The minimum Gasteiger partial charge on any atom is -0.411 e. The molecule has 34 heavy (non-hydrogen) atoms. The molecule has 0 fully saturated rings. The van der Waals surface area contributed by atoms with E-state index in [0.717, 1.165) is 6.26 Å². The Morgan fingerprint density at radius 2 is 1.79 bits per heavy atom. The van der Waals surface area contributed by atoms with Crippen LogP contribution < -0.4 is 11.5 Å². The summed E-state index contributed by atoms with van der Waals surface area (Å²) >= 11 is 0. The second-order valence-electron chi connectivity index (χ2n) is 7.40. The fraction of sp³-hybridized carbons (Fsp3) is 0.0435. The number of nitrogens with zero attached hydrogens (tertiary/aromatic N) is 4. The third-order valence-corrected chi connectivity index (χ3v) is 6.14. The maximum Gasteiger partial charge on any atom is 0.251 e. The van der Waals surface area contributed by atoms with Crippen LogP contribution in [-0.2, 0) is 9.84 Å². The van der Waals surface area contributed by atoms with Crippen LogP contribution in [-0.4, -0.2) is 46.5 Å². The van der Waals surface area contributed by atoms with Crippen molar-refractivity contribution in [3.63, 3.8) is 0 Å². The van der Waals surface area contributed by atoms with E-state index in [0.29, 0.717) is 33.6 Å². The number of amides is 1. The van der Waals surface area contributed by atoms with E-state index < -0.39 is 15.7 Å². The summed E-state index contributed by atoms with van der Waals surface area (Å²) in [5, 5.41) is 12.0. The number of pyridine rings is 1. The maximum absolute atomic E-state index is 12.5. The Morgan fingerprint density at radius 1 is 1.06 bits per heavy atom. The molecule has 5 N–H and O–H groups in total. The van der Waals surface area contributed by atoms with Crippen molar-refractivity contribution in [1.29, 1.82) is 0 Å². The molecule has 4 rings (SSSR count). The van der Waals surface area contributed by atoms with Crippen molar-refractivity contribution in [2.45, 2.75) is 5.16 Å². The van der Waals surface area contributed by atoms with Crippen LogP contribution in [0.1, 0.15) is 15.9 Å². The fourth-order valence-electron chi connectivity index (χ4n) is 3.71. The number of primary amides is 1. The molecule has 0 bridgehead atoms. The van der Waals surface area contributed by atoms with Gasteiger partial charge in [0.2, 0.25) is 15.0 Å². The number of carbonyl (C=O) groups excluding carboxylic acids is 1. The van der Waals surface area contributed by atoms with Crippen LogP contribution in [0.25, 0.3) is 28.1 Å². The van der Waals surface area contributed by atoms with Gasteiger partial charge in [-0.1, -0.05) is 29.4 Å². The van der Waals surface area contributed by atoms with Crippen LogP contribution in [0.5, 0.6) is 0 Å². The number of hydrogen-bond acceptors (Lipinski definition) is 8. The predicted octanol–water partition coefficient (Wildman–Crippen LogP) is 2.49. The molecular formula is C23H20N6O4S. The molecule has 2 heterocycles. The Morgan fingerprint density at radius 3 is 2.44 bits per heavy atom. The lowest BCUT2D eigenvalue weighted by molar-refractivity contribution is 0.100. The van der Waals surface area contributed by atoms with Gasteiger partial charge in [-0.15, -0.1) is 0 Å². The molecule has 0 aliphatic rings. The molecule has 1 amide bonds. The number of benzene rings is 2. The van der Waals surface area contributed by atoms with Crippen LogP contribution in [0.2, 0.25) is 0 Å². The second-order valence-corrected chi connectivity index (χ2v) is 9.31. The molecule has 11 heteroatoms. The van der Waals surface area contributed by atoms with E-state index in [4.69, 9.17) is 16.7 Å². The summed E-state index contributed by atoms with van der Waals surface area (Å²) in [4.78, 5) is 20.8. The van der Waals surface area contributed by atoms with Gasteiger partial charge in [0.15, 0.2) is 0 Å². The van der Waals surface area contributed by atoms with Gasteiger partial charge in [0.05, 0.1) is 17.5 Å². The molecule has 0 atom stereocenters. The van der Waals surface area contributed by atoms with Crippen molar-refractivity contribution in [1.82, 2.24) is 14.5 Å². The molecule has 0 radical (unpaired) electrons. The van der Waals surface area contributed by atoms with Gasteiger partial charge in [-0.25, -0.2) is 13.4 Å². The summed E-state index contributed by atoms with van der Waals surface area (Å²) in [5.74, 6) is -0.703. The molecule has 4 aromatic rings. The minimum atomic E-state index is -3.52. The number of anilines is 1. The number of hydrogen-bond donors (Lipinski definition) is 3. The van der Waals surface area contributed by atoms with Crippen molar-refractivity contribution in [2.24, 2.45) is 10.9 Å². The fourth-order valence-corrected chi connectivity index (χ4v) is 4.49. The highest BCUT2D eigenvalue weighted by Crippen LogP contribution is 2.34. The van der Waals surface area contributed by atoms with Crippen molar-refractivity contribution in [2.75, 3.05) is 12.0 Å². The first-order valence-electron chi connectivity index (χ1n) is 9.91. The lowest BCUT2D eigenvalue weighted by Gasteiger charge is -2.15. The van der Waals surface area contributed by atoms with Crippen LogP contribution in [0.4, 0.5) is 5.69 Å². The summed E-state index contributed by atoms with van der Waals surface area (Å²) in [5.41, 5.74) is 15.2. The lowest BCUT2D eigenvalue weighted by atomic mass is 9.93. The summed E-state index contributed by atoms with van der Waals surface area (Å²) in [6, 6.07) is 13.6. The summed E-state index contributed by atoms with van der Waals surface area (Å²) in [6.45, 7) is 0. The van der Waals surface area contributed by atoms with Gasteiger partial charge in [0, 0.05) is 47.3 Å². The Labute approximate surface area is 195 Å². The first-order chi connectivity index (χ1) is 16.2. The highest BCUT2D eigenvalue weighted by atomic mass is 32.2. The molecular weight excluding hydrogens is 456 g/mol. The minimum absolute atomic E-state index is 0.0796. The molecule has 0 saturated carbocycles. The zero-order chi connectivity index (χ0) is 24.5. The number of carbonyl (C=O) groups is 1. The summed E-state index contributed by atoms with van der Waals surface area (Å²) in [7, 11) is -3.52. The number of sulfone groups is 1. The number of nitrogens with two attached hydrogens (primary N) is 2. The Hall–Kier alpha value is -4.51. The van der Waals surface area contributed by atoms with Gasteiger partial charge in [0.1, 0.15) is 0 Å². The molecule has 0 spiro atoms. The molecule has 0 aliphatic carbocycles. The van der Waals surface area contributed by atoms with Crippen LogP contribution in [0.15, 0.2) is 77.4 Å². The Balaban J connectivity index is 1.86. The highest BCUT2D eigenvalue weighted by Gasteiger charge is 2.21. The first kappa shape index (κ1) is 22.7. The number of aromatic nitrogens is 3. The standard InChI is InChI=1S/C23H20N6O4S/c1-34(32,33)23-27-11-12-29(23)15-7-5-14(6-8-15)16-9-10-26-21(20(16)22(25)30)17-3-2-4-19(24)18(17)13-28-31/h2-13,31H,24H2,1H3,(H2,25,30). The predicted molar refractivity (Wildman–Crippen MR) is 128 cm³/mol. The number of imidazole rings is 1. The largest absolute Gasteiger partial charge is 0.411 e. The van der Waals surface area contributed by atoms with E-state index in [1.54, 1.807) is 54.7 Å². The van der Waals surface area contributed by atoms with Gasteiger partial charge >= 0.3 is 0 Å². The van der Waals surface area contributed by atoms with Gasteiger partial charge in [0.25, 0.3) is 5.91 Å². The van der Waals surface area contributed by atoms with E-state index in [1.165, 1.54) is 23.2 Å². The molecule has 0 saturated heterocycles. The number of oxime groups is 1. The van der Waals surface area contributed by atoms with E-state index in [-0.39, 0.29) is 16.4 Å². The lowest BCUT2D eigenvalue weighted by Crippen LogP contribution is -2.15. The van der Waals surface area contributed by atoms with Crippen molar-refractivity contribution in [3.8, 4) is 28.1 Å². The Kier molecular flexibility index (Phi) is 5.86. The third-order valence-electron chi connectivity index (χ3n) is 5.17. The van der Waals surface area contributed by atoms with Crippen LogP contribution in [0.3, 0.4) is 0 Å². The van der Waals surface area contributed by atoms with Gasteiger partial charge in [-0.05, 0) is 35.4 Å². The van der Waals surface area contributed by atoms with Gasteiger partial charge < -0.3 is 16.7 Å². The van der Waals surface area contributed by atoms with E-state index >= 15 is 0 Å². The second kappa shape index (κ2) is 8.79. The monoisotopic (exact) mass is 476 g/mol. The van der Waals surface area contributed by atoms with E-state index in [2.05, 4.69) is 15.1 Å². The average molecular weight is 477 g/mol. The summed E-state index contributed by atoms with van der Waals surface area (Å²) < 4.78 is 25.4. The van der Waals surface area contributed by atoms with Crippen molar-refractivity contribution < 1.29 is 18.4 Å². The topological polar surface area (TPSA) is 167 Å². The first-order valence-corrected chi connectivity index (χ1v) is 11.8. The zero-order valence-corrected chi connectivity index (χ0v) is 18.8.